The highest BCUT2D eigenvalue weighted by Crippen LogP contribution is 2.11. The average Bonchev–Trinajstić information content (AvgIpc) is 2.36. The molecule has 1 aromatic carbocycles. The van der Waals surface area contributed by atoms with Gasteiger partial charge in [-0.25, -0.2) is 17.5 Å². The molecule has 0 aliphatic heterocycles. The van der Waals surface area contributed by atoms with Crippen LogP contribution in [0.1, 0.15) is 18.1 Å². The van der Waals surface area contributed by atoms with Crippen molar-refractivity contribution in [1.82, 2.24) is 4.31 Å². The van der Waals surface area contributed by atoms with E-state index in [0.717, 1.165) is 17.2 Å². The molecule has 0 aliphatic carbocycles. The van der Waals surface area contributed by atoms with Gasteiger partial charge in [-0.3, -0.25) is 0 Å². The lowest BCUT2D eigenvalue weighted by molar-refractivity contribution is -0.131. The van der Waals surface area contributed by atoms with E-state index >= 15 is 0 Å². The van der Waals surface area contributed by atoms with E-state index in [1.54, 1.807) is 31.2 Å². The lowest BCUT2D eigenvalue weighted by atomic mass is 10.1. The molecule has 0 amide bonds. The summed E-state index contributed by atoms with van der Waals surface area (Å²) in [6.07, 6.45) is 2.52. The third kappa shape index (κ3) is 4.84. The Bertz CT molecular complexity index is 578. The summed E-state index contributed by atoms with van der Waals surface area (Å²) in [6, 6.07) is 7.10. The van der Waals surface area contributed by atoms with Gasteiger partial charge in [0.25, 0.3) is 0 Å². The molecule has 104 valence electrons. The van der Waals surface area contributed by atoms with Crippen LogP contribution in [0, 0.1) is 0 Å². The Morgan fingerprint density at radius 2 is 2.11 bits per heavy atom. The van der Waals surface area contributed by atoms with Crippen LogP contribution in [0.5, 0.6) is 0 Å². The number of rotatable bonds is 6. The van der Waals surface area contributed by atoms with E-state index in [4.69, 9.17) is 5.11 Å². The van der Waals surface area contributed by atoms with Crippen LogP contribution < -0.4 is 0 Å². The van der Waals surface area contributed by atoms with Crippen molar-refractivity contribution in [3.05, 3.63) is 41.5 Å². The van der Waals surface area contributed by atoms with Crippen molar-refractivity contribution in [1.29, 1.82) is 0 Å². The summed E-state index contributed by atoms with van der Waals surface area (Å²) in [5.74, 6) is -0.960. The maximum absolute atomic E-state index is 11.6. The number of carboxylic acid groups (broad SMARTS) is 1. The van der Waals surface area contributed by atoms with E-state index in [2.05, 4.69) is 0 Å². The van der Waals surface area contributed by atoms with E-state index < -0.39 is 16.0 Å². The van der Waals surface area contributed by atoms with E-state index in [-0.39, 0.29) is 12.3 Å². The summed E-state index contributed by atoms with van der Waals surface area (Å²) in [7, 11) is -1.69. The van der Waals surface area contributed by atoms with Gasteiger partial charge in [-0.05, 0) is 24.1 Å². The second-order valence-corrected chi connectivity index (χ2v) is 6.44. The summed E-state index contributed by atoms with van der Waals surface area (Å²) in [5, 5.41) is 8.55. The second kappa shape index (κ2) is 6.49. The molecule has 0 saturated heterocycles. The number of carboxylic acids is 1. The molecule has 0 heterocycles. The number of sulfonamides is 1. The number of hydrogen-bond donors (Lipinski definition) is 1. The number of carbonyl (C=O) groups is 1. The normalized spacial score (nSPS) is 12.2. The first-order valence-corrected chi connectivity index (χ1v) is 7.40. The summed E-state index contributed by atoms with van der Waals surface area (Å²) < 4.78 is 24.6. The summed E-state index contributed by atoms with van der Waals surface area (Å²) in [4.78, 5) is 10.4. The maximum Gasteiger partial charge on any atom is 0.328 e. The molecule has 0 fully saturated rings. The number of nitrogens with zero attached hydrogens (tertiary/aromatic N) is 1. The second-order valence-electron chi connectivity index (χ2n) is 4.07. The molecule has 1 aromatic rings. The fourth-order valence-corrected chi connectivity index (χ4v) is 2.33. The molecule has 0 unspecified atom stereocenters. The van der Waals surface area contributed by atoms with Gasteiger partial charge in [-0.2, -0.15) is 0 Å². The highest BCUT2D eigenvalue weighted by atomic mass is 32.2. The van der Waals surface area contributed by atoms with Crippen LogP contribution in [0.2, 0.25) is 0 Å². The summed E-state index contributed by atoms with van der Waals surface area (Å²) >= 11 is 0. The van der Waals surface area contributed by atoms with Crippen molar-refractivity contribution in [3.8, 4) is 0 Å². The van der Waals surface area contributed by atoms with Gasteiger partial charge in [0.15, 0.2) is 0 Å². The lowest BCUT2D eigenvalue weighted by Gasteiger charge is -2.16. The number of aliphatic carboxylic acids is 1. The molecule has 1 N–H and O–H groups in total. The van der Waals surface area contributed by atoms with Crippen LogP contribution in [0.3, 0.4) is 0 Å². The van der Waals surface area contributed by atoms with Crippen LogP contribution in [0.15, 0.2) is 30.3 Å². The maximum atomic E-state index is 11.6. The van der Waals surface area contributed by atoms with E-state index in [0.29, 0.717) is 0 Å². The number of hydrogen-bond acceptors (Lipinski definition) is 3. The molecule has 0 atom stereocenters. The molecule has 5 nitrogen and oxygen atoms in total. The monoisotopic (exact) mass is 283 g/mol. The molecule has 19 heavy (non-hydrogen) atoms. The van der Waals surface area contributed by atoms with Crippen molar-refractivity contribution >= 4 is 22.1 Å². The Morgan fingerprint density at radius 3 is 2.68 bits per heavy atom. The Morgan fingerprint density at radius 1 is 1.42 bits per heavy atom. The van der Waals surface area contributed by atoms with Gasteiger partial charge in [-0.1, -0.05) is 24.3 Å². The van der Waals surface area contributed by atoms with Crippen LogP contribution in [0.25, 0.3) is 6.08 Å². The molecule has 6 heteroatoms. The molecule has 0 spiro atoms. The zero-order valence-electron chi connectivity index (χ0n) is 10.9. The van der Waals surface area contributed by atoms with E-state index in [1.807, 2.05) is 0 Å². The molecule has 1 rings (SSSR count). The molecule has 0 aromatic heterocycles. The van der Waals surface area contributed by atoms with Gasteiger partial charge in [0.1, 0.15) is 0 Å². The molecule has 0 bridgehead atoms. The minimum atomic E-state index is -3.21. The predicted molar refractivity (Wildman–Crippen MR) is 74.0 cm³/mol. The van der Waals surface area contributed by atoms with Crippen LogP contribution in [-0.2, 0) is 21.4 Å². The predicted octanol–water partition coefficient (Wildman–Crippen LogP) is 1.57. The third-order valence-electron chi connectivity index (χ3n) is 2.61. The van der Waals surface area contributed by atoms with Gasteiger partial charge in [0.05, 0.1) is 5.75 Å². The zero-order chi connectivity index (χ0) is 14.5. The Balaban J connectivity index is 2.86. The third-order valence-corrected chi connectivity index (χ3v) is 4.42. The minimum absolute atomic E-state index is 0.0576. The lowest BCUT2D eigenvalue weighted by Crippen LogP contribution is -2.27. The Hall–Kier alpha value is -1.66. The highest BCUT2D eigenvalue weighted by Gasteiger charge is 2.14. The fraction of sp³-hybridized carbons (Fsp3) is 0.308. The first kappa shape index (κ1) is 15.4. The van der Waals surface area contributed by atoms with E-state index in [1.165, 1.54) is 17.4 Å². The molecule has 0 radical (unpaired) electrons. The van der Waals surface area contributed by atoms with Gasteiger partial charge in [-0.15, -0.1) is 0 Å². The van der Waals surface area contributed by atoms with Gasteiger partial charge >= 0.3 is 5.97 Å². The zero-order valence-corrected chi connectivity index (χ0v) is 11.7. The smallest absolute Gasteiger partial charge is 0.328 e. The minimum Gasteiger partial charge on any atom is -0.478 e. The van der Waals surface area contributed by atoms with Gasteiger partial charge < -0.3 is 5.11 Å². The Labute approximate surface area is 113 Å². The SMILES string of the molecule is CCS(=O)(=O)N(C)Cc1cccc(/C=C/C(=O)O)c1. The Kier molecular flexibility index (Phi) is 5.26. The van der Waals surface area contributed by atoms with Crippen LogP contribution in [-0.4, -0.2) is 36.6 Å². The van der Waals surface area contributed by atoms with Gasteiger partial charge in [0.2, 0.25) is 10.0 Å². The highest BCUT2D eigenvalue weighted by molar-refractivity contribution is 7.89. The first-order valence-electron chi connectivity index (χ1n) is 5.79. The van der Waals surface area contributed by atoms with Crippen molar-refractivity contribution in [2.24, 2.45) is 0 Å². The molecular weight excluding hydrogens is 266 g/mol. The number of benzene rings is 1. The van der Waals surface area contributed by atoms with Crippen molar-refractivity contribution in [2.75, 3.05) is 12.8 Å². The van der Waals surface area contributed by atoms with E-state index in [9.17, 15) is 13.2 Å². The quantitative estimate of drug-likeness (QED) is 0.804. The first-order chi connectivity index (χ1) is 8.85. The summed E-state index contributed by atoms with van der Waals surface area (Å²) in [5.41, 5.74) is 1.54. The van der Waals surface area contributed by atoms with Crippen molar-refractivity contribution in [2.45, 2.75) is 13.5 Å². The van der Waals surface area contributed by atoms with Crippen molar-refractivity contribution in [3.63, 3.8) is 0 Å². The fourth-order valence-electron chi connectivity index (χ4n) is 1.54. The average molecular weight is 283 g/mol. The summed E-state index contributed by atoms with van der Waals surface area (Å²) in [6.45, 7) is 1.86. The largest absolute Gasteiger partial charge is 0.478 e. The van der Waals surface area contributed by atoms with Gasteiger partial charge in [0, 0.05) is 19.7 Å². The van der Waals surface area contributed by atoms with Crippen LogP contribution in [0.4, 0.5) is 0 Å². The van der Waals surface area contributed by atoms with Crippen molar-refractivity contribution < 1.29 is 18.3 Å². The molecule has 0 aliphatic rings. The topological polar surface area (TPSA) is 74.7 Å². The standard InChI is InChI=1S/C13H17NO4S/c1-3-19(17,18)14(2)10-12-6-4-5-11(9-12)7-8-13(15)16/h4-9H,3,10H2,1-2H3,(H,15,16)/b8-7+. The molecule has 0 saturated carbocycles. The van der Waals surface area contributed by atoms with Crippen LogP contribution >= 0.6 is 0 Å². The molecular formula is C13H17NO4S.